The molecule has 0 aliphatic carbocycles. The van der Waals surface area contributed by atoms with Crippen LogP contribution in [-0.2, 0) is 11.3 Å². The molecule has 3 rings (SSSR count). The first kappa shape index (κ1) is 22.6. The van der Waals surface area contributed by atoms with E-state index in [1.165, 1.54) is 17.0 Å². The van der Waals surface area contributed by atoms with Gasteiger partial charge in [-0.1, -0.05) is 48.5 Å². The summed E-state index contributed by atoms with van der Waals surface area (Å²) in [5.41, 5.74) is 6.42. The first-order valence-corrected chi connectivity index (χ1v) is 10.2. The number of carboxylic acid groups (broad SMARTS) is 1. The normalized spacial score (nSPS) is 11.6. The number of phenols is 1. The van der Waals surface area contributed by atoms with Gasteiger partial charge in [0.2, 0.25) is 0 Å². The molecule has 0 spiro atoms. The van der Waals surface area contributed by atoms with Gasteiger partial charge in [-0.2, -0.15) is 0 Å². The lowest BCUT2D eigenvalue weighted by Crippen LogP contribution is -2.45. The summed E-state index contributed by atoms with van der Waals surface area (Å²) in [5.74, 6) is -1.60. The Morgan fingerprint density at radius 1 is 1.03 bits per heavy atom. The zero-order valence-electron chi connectivity index (χ0n) is 17.5. The average Bonchev–Trinajstić information content (AvgIpc) is 2.78. The maximum Gasteiger partial charge on any atom is 0.326 e. The molecule has 0 unspecified atom stereocenters. The molecule has 0 bridgehead atoms. The number of carboxylic acids is 1. The lowest BCUT2D eigenvalue weighted by molar-refractivity contribution is -0.142. The first-order valence-electron chi connectivity index (χ1n) is 10.2. The molecule has 0 radical (unpaired) electrons. The van der Waals surface area contributed by atoms with E-state index in [-0.39, 0.29) is 30.6 Å². The largest absolute Gasteiger partial charge is 0.508 e. The van der Waals surface area contributed by atoms with Crippen LogP contribution in [0.5, 0.6) is 5.75 Å². The van der Waals surface area contributed by atoms with Crippen LogP contribution in [0, 0.1) is 5.41 Å². The number of aromatic hydroxyl groups is 1. The number of carbonyl (C=O) groups excluding carboxylic acids is 1. The molecule has 0 fully saturated rings. The van der Waals surface area contributed by atoms with Gasteiger partial charge < -0.3 is 26.2 Å². The van der Waals surface area contributed by atoms with Gasteiger partial charge in [-0.3, -0.25) is 10.2 Å². The van der Waals surface area contributed by atoms with E-state index < -0.39 is 12.0 Å². The van der Waals surface area contributed by atoms with Crippen LogP contribution in [0.2, 0.25) is 0 Å². The van der Waals surface area contributed by atoms with Crippen molar-refractivity contribution in [1.82, 2.24) is 10.2 Å². The fourth-order valence-corrected chi connectivity index (χ4v) is 3.62. The SMILES string of the molecule is N=C(N)NCCC[C@H](C(=O)O)N(Cc1ccc(O)cc1)C(=O)c1cccc2ccccc12. The predicted octanol–water partition coefficient (Wildman–Crippen LogP) is 2.90. The van der Waals surface area contributed by atoms with E-state index in [0.29, 0.717) is 24.1 Å². The van der Waals surface area contributed by atoms with Gasteiger partial charge in [0.05, 0.1) is 0 Å². The maximum atomic E-state index is 13.7. The zero-order valence-corrected chi connectivity index (χ0v) is 17.5. The highest BCUT2D eigenvalue weighted by Gasteiger charge is 2.31. The second-order valence-corrected chi connectivity index (χ2v) is 7.46. The van der Waals surface area contributed by atoms with Crippen LogP contribution in [0.25, 0.3) is 10.8 Å². The summed E-state index contributed by atoms with van der Waals surface area (Å²) in [6.45, 7) is 0.397. The Morgan fingerprint density at radius 2 is 1.72 bits per heavy atom. The lowest BCUT2D eigenvalue weighted by Gasteiger charge is -2.30. The van der Waals surface area contributed by atoms with Crippen LogP contribution >= 0.6 is 0 Å². The molecule has 1 amide bonds. The molecule has 32 heavy (non-hydrogen) atoms. The van der Waals surface area contributed by atoms with Gasteiger partial charge in [-0.15, -0.1) is 0 Å². The maximum absolute atomic E-state index is 13.7. The molecule has 0 saturated carbocycles. The quantitative estimate of drug-likeness (QED) is 0.199. The van der Waals surface area contributed by atoms with E-state index >= 15 is 0 Å². The number of carbonyl (C=O) groups is 2. The van der Waals surface area contributed by atoms with E-state index in [1.807, 2.05) is 30.3 Å². The fraction of sp³-hybridized carbons (Fsp3) is 0.208. The number of nitrogens with one attached hydrogen (secondary N) is 2. The number of guanidine groups is 1. The summed E-state index contributed by atoms with van der Waals surface area (Å²) < 4.78 is 0. The van der Waals surface area contributed by atoms with Crippen molar-refractivity contribution in [3.05, 3.63) is 77.9 Å². The van der Waals surface area contributed by atoms with Crippen molar-refractivity contribution >= 4 is 28.6 Å². The van der Waals surface area contributed by atoms with Crippen LogP contribution in [0.1, 0.15) is 28.8 Å². The summed E-state index contributed by atoms with van der Waals surface area (Å²) >= 11 is 0. The Kier molecular flexibility index (Phi) is 7.28. The third-order valence-electron chi connectivity index (χ3n) is 5.20. The molecule has 0 aliphatic heterocycles. The summed E-state index contributed by atoms with van der Waals surface area (Å²) in [4.78, 5) is 27.2. The molecule has 166 valence electrons. The molecule has 0 aliphatic rings. The van der Waals surface area contributed by atoms with Crippen molar-refractivity contribution in [2.75, 3.05) is 6.54 Å². The summed E-state index contributed by atoms with van der Waals surface area (Å²) in [6.07, 6.45) is 0.593. The highest BCUT2D eigenvalue weighted by molar-refractivity contribution is 6.07. The molecule has 8 nitrogen and oxygen atoms in total. The Morgan fingerprint density at radius 3 is 2.41 bits per heavy atom. The highest BCUT2D eigenvalue weighted by atomic mass is 16.4. The van der Waals surface area contributed by atoms with Crippen LogP contribution in [0.4, 0.5) is 0 Å². The summed E-state index contributed by atoms with van der Waals surface area (Å²) in [7, 11) is 0. The van der Waals surface area contributed by atoms with Gasteiger partial charge in [0, 0.05) is 18.7 Å². The van der Waals surface area contributed by atoms with Crippen molar-refractivity contribution in [1.29, 1.82) is 5.41 Å². The van der Waals surface area contributed by atoms with Gasteiger partial charge in [-0.05, 0) is 47.4 Å². The predicted molar refractivity (Wildman–Crippen MR) is 123 cm³/mol. The lowest BCUT2D eigenvalue weighted by atomic mass is 10.0. The topological polar surface area (TPSA) is 140 Å². The molecular weight excluding hydrogens is 408 g/mol. The number of nitrogens with two attached hydrogens (primary N) is 1. The van der Waals surface area contributed by atoms with Crippen molar-refractivity contribution in [2.45, 2.75) is 25.4 Å². The fourth-order valence-electron chi connectivity index (χ4n) is 3.62. The molecule has 1 atom stereocenters. The first-order chi connectivity index (χ1) is 15.4. The number of hydrogen-bond acceptors (Lipinski definition) is 4. The smallest absolute Gasteiger partial charge is 0.326 e. The Bertz CT molecular complexity index is 1110. The monoisotopic (exact) mass is 434 g/mol. The van der Waals surface area contributed by atoms with Crippen LogP contribution < -0.4 is 11.1 Å². The molecule has 6 N–H and O–H groups in total. The number of amides is 1. The summed E-state index contributed by atoms with van der Waals surface area (Å²) in [5, 5.41) is 31.1. The van der Waals surface area contributed by atoms with Crippen LogP contribution in [-0.4, -0.2) is 45.5 Å². The van der Waals surface area contributed by atoms with E-state index in [4.69, 9.17) is 11.1 Å². The number of phenolic OH excluding ortho intramolecular Hbond substituents is 1. The molecule has 8 heteroatoms. The van der Waals surface area contributed by atoms with Crippen LogP contribution in [0.15, 0.2) is 66.7 Å². The van der Waals surface area contributed by atoms with Gasteiger partial charge in [0.1, 0.15) is 11.8 Å². The van der Waals surface area contributed by atoms with Crippen LogP contribution in [0.3, 0.4) is 0 Å². The van der Waals surface area contributed by atoms with Crippen molar-refractivity contribution in [2.24, 2.45) is 5.73 Å². The highest BCUT2D eigenvalue weighted by Crippen LogP contribution is 2.24. The second-order valence-electron chi connectivity index (χ2n) is 7.46. The number of hydrogen-bond donors (Lipinski definition) is 5. The van der Waals surface area contributed by atoms with Gasteiger partial charge >= 0.3 is 5.97 Å². The number of aliphatic carboxylic acids is 1. The van der Waals surface area contributed by atoms with Gasteiger partial charge in [0.15, 0.2) is 5.96 Å². The minimum absolute atomic E-state index is 0.0689. The molecule has 3 aromatic rings. The molecule has 0 heterocycles. The number of fused-ring (bicyclic) bond motifs is 1. The molecule has 0 aromatic heterocycles. The Balaban J connectivity index is 1.96. The van der Waals surface area contributed by atoms with Gasteiger partial charge in [0.25, 0.3) is 5.91 Å². The van der Waals surface area contributed by atoms with Gasteiger partial charge in [-0.25, -0.2) is 4.79 Å². The standard InChI is InChI=1S/C24H26N4O4/c25-24(26)27-14-4-9-21(23(31)32)28(15-16-10-12-18(29)13-11-16)22(30)20-8-3-6-17-5-1-2-7-19(17)20/h1-3,5-8,10-13,21,29H,4,9,14-15H2,(H,31,32)(H4,25,26,27)/t21-/m1/s1. The molecule has 3 aromatic carbocycles. The zero-order chi connectivity index (χ0) is 23.1. The number of rotatable bonds is 9. The third-order valence-corrected chi connectivity index (χ3v) is 5.20. The van der Waals surface area contributed by atoms with Crippen molar-refractivity contribution in [3.63, 3.8) is 0 Å². The average molecular weight is 434 g/mol. The molecular formula is C24H26N4O4. The minimum Gasteiger partial charge on any atom is -0.508 e. The van der Waals surface area contributed by atoms with Crippen molar-refractivity contribution in [3.8, 4) is 5.75 Å². The summed E-state index contributed by atoms with van der Waals surface area (Å²) in [6, 6.07) is 18.1. The van der Waals surface area contributed by atoms with Crippen molar-refractivity contribution < 1.29 is 19.8 Å². The number of benzene rings is 3. The van der Waals surface area contributed by atoms with E-state index in [9.17, 15) is 19.8 Å². The van der Waals surface area contributed by atoms with E-state index in [2.05, 4.69) is 5.32 Å². The second kappa shape index (κ2) is 10.3. The Hall–Kier alpha value is -4.07. The minimum atomic E-state index is -1.11. The molecule has 0 saturated heterocycles. The third kappa shape index (κ3) is 5.54. The van der Waals surface area contributed by atoms with E-state index in [0.717, 1.165) is 10.8 Å². The van der Waals surface area contributed by atoms with E-state index in [1.54, 1.807) is 24.3 Å². The number of nitrogens with zero attached hydrogens (tertiary/aromatic N) is 1. The Labute approximate surface area is 185 Å².